The van der Waals surface area contributed by atoms with Gasteiger partial charge in [-0.2, -0.15) is 0 Å². The molecule has 1 saturated heterocycles. The maximum absolute atomic E-state index is 12.6. The van der Waals surface area contributed by atoms with E-state index in [4.69, 9.17) is 0 Å². The number of amides is 3. The van der Waals surface area contributed by atoms with E-state index in [0.29, 0.717) is 24.2 Å². The Bertz CT molecular complexity index is 863. The van der Waals surface area contributed by atoms with E-state index in [1.54, 1.807) is 29.2 Å². The van der Waals surface area contributed by atoms with Gasteiger partial charge in [-0.15, -0.1) is 0 Å². The second-order valence-electron chi connectivity index (χ2n) is 6.41. The van der Waals surface area contributed by atoms with Crippen LogP contribution in [0, 0.1) is 0 Å². The number of aryl methyl sites for hydroxylation is 1. The van der Waals surface area contributed by atoms with Gasteiger partial charge in [0.05, 0.1) is 17.8 Å². The average molecular weight is 365 g/mol. The summed E-state index contributed by atoms with van der Waals surface area (Å²) in [6.07, 6.45) is 2.09. The summed E-state index contributed by atoms with van der Waals surface area (Å²) in [5, 5.41) is 5.47. The highest BCUT2D eigenvalue weighted by Crippen LogP contribution is 2.25. The molecular weight excluding hydrogens is 342 g/mol. The fourth-order valence-electron chi connectivity index (χ4n) is 3.20. The molecule has 2 N–H and O–H groups in total. The summed E-state index contributed by atoms with van der Waals surface area (Å²) in [4.78, 5) is 38.4. The topological polar surface area (TPSA) is 78.5 Å². The second-order valence-corrected chi connectivity index (χ2v) is 6.41. The van der Waals surface area contributed by atoms with Crippen LogP contribution in [-0.4, -0.2) is 30.8 Å². The number of anilines is 2. The van der Waals surface area contributed by atoms with E-state index in [9.17, 15) is 14.4 Å². The molecule has 0 radical (unpaired) electrons. The molecule has 0 saturated carbocycles. The van der Waals surface area contributed by atoms with Crippen molar-refractivity contribution in [2.75, 3.05) is 23.3 Å². The molecule has 3 amide bonds. The number of benzene rings is 2. The van der Waals surface area contributed by atoms with Crippen LogP contribution in [0.5, 0.6) is 0 Å². The van der Waals surface area contributed by atoms with Crippen molar-refractivity contribution >= 4 is 29.1 Å². The maximum Gasteiger partial charge on any atom is 0.253 e. The Balaban J connectivity index is 1.64. The molecule has 2 aromatic rings. The molecule has 0 spiro atoms. The zero-order chi connectivity index (χ0) is 19.2. The Morgan fingerprint density at radius 3 is 2.56 bits per heavy atom. The number of nitrogens with one attached hydrogen (secondary N) is 2. The summed E-state index contributed by atoms with van der Waals surface area (Å²) in [5.41, 5.74) is 2.78. The van der Waals surface area contributed by atoms with Gasteiger partial charge in [0.15, 0.2) is 0 Å². The summed E-state index contributed by atoms with van der Waals surface area (Å²) < 4.78 is 0. The van der Waals surface area contributed by atoms with Gasteiger partial charge >= 0.3 is 0 Å². The molecule has 1 fully saturated rings. The first-order valence-electron chi connectivity index (χ1n) is 9.15. The molecule has 1 aliphatic rings. The fraction of sp³-hybridized carbons (Fsp3) is 0.286. The van der Waals surface area contributed by atoms with E-state index in [-0.39, 0.29) is 24.3 Å². The molecule has 3 rings (SSSR count). The monoisotopic (exact) mass is 365 g/mol. The van der Waals surface area contributed by atoms with Crippen LogP contribution < -0.4 is 15.5 Å². The number of carbonyl (C=O) groups is 3. The fourth-order valence-corrected chi connectivity index (χ4v) is 3.20. The van der Waals surface area contributed by atoms with Crippen molar-refractivity contribution in [3.63, 3.8) is 0 Å². The van der Waals surface area contributed by atoms with E-state index >= 15 is 0 Å². The van der Waals surface area contributed by atoms with E-state index in [1.807, 2.05) is 31.2 Å². The van der Waals surface area contributed by atoms with Crippen molar-refractivity contribution in [3.05, 3.63) is 59.7 Å². The van der Waals surface area contributed by atoms with E-state index in [1.165, 1.54) is 0 Å². The Labute approximate surface area is 158 Å². The summed E-state index contributed by atoms with van der Waals surface area (Å²) in [5.74, 6) is -0.646. The van der Waals surface area contributed by atoms with Crippen LogP contribution in [-0.2, 0) is 16.0 Å². The highest BCUT2D eigenvalue weighted by molar-refractivity contribution is 6.06. The molecule has 2 aromatic carbocycles. The second kappa shape index (κ2) is 8.49. The van der Waals surface area contributed by atoms with Crippen LogP contribution in [0.1, 0.15) is 35.7 Å². The Morgan fingerprint density at radius 1 is 1.07 bits per heavy atom. The molecular formula is C21H23N3O3. The Hall–Kier alpha value is -3.15. The van der Waals surface area contributed by atoms with E-state index in [0.717, 1.165) is 24.1 Å². The summed E-state index contributed by atoms with van der Waals surface area (Å²) in [7, 11) is 0. The summed E-state index contributed by atoms with van der Waals surface area (Å²) in [6, 6.07) is 14.5. The number of hydrogen-bond acceptors (Lipinski definition) is 3. The molecule has 27 heavy (non-hydrogen) atoms. The van der Waals surface area contributed by atoms with Gasteiger partial charge in [0, 0.05) is 18.7 Å². The minimum absolute atomic E-state index is 0.0177. The molecule has 1 heterocycles. The van der Waals surface area contributed by atoms with Gasteiger partial charge < -0.3 is 15.5 Å². The molecule has 140 valence electrons. The molecule has 6 heteroatoms. The van der Waals surface area contributed by atoms with Crippen LogP contribution >= 0.6 is 0 Å². The molecule has 0 bridgehead atoms. The molecule has 0 unspecified atom stereocenters. The zero-order valence-corrected chi connectivity index (χ0v) is 15.3. The van der Waals surface area contributed by atoms with Crippen LogP contribution in [0.25, 0.3) is 0 Å². The molecule has 0 aromatic heterocycles. The van der Waals surface area contributed by atoms with Gasteiger partial charge in [-0.25, -0.2) is 0 Å². The minimum Gasteiger partial charge on any atom is -0.343 e. The predicted molar refractivity (Wildman–Crippen MR) is 105 cm³/mol. The van der Waals surface area contributed by atoms with Gasteiger partial charge in [0.1, 0.15) is 0 Å². The number of hydrogen-bond donors (Lipinski definition) is 2. The van der Waals surface area contributed by atoms with Crippen LogP contribution in [0.4, 0.5) is 11.4 Å². The van der Waals surface area contributed by atoms with Gasteiger partial charge in [-0.3, -0.25) is 14.4 Å². The average Bonchev–Trinajstić information content (AvgIpc) is 3.12. The van der Waals surface area contributed by atoms with Crippen molar-refractivity contribution in [2.45, 2.75) is 26.2 Å². The SMILES string of the molecule is CCc1ccccc1NC(=O)CNC(=O)c1ccccc1N1CCCC1=O. The third kappa shape index (κ3) is 4.34. The lowest BCUT2D eigenvalue weighted by Gasteiger charge is -2.19. The van der Waals surface area contributed by atoms with E-state index < -0.39 is 0 Å². The normalized spacial score (nSPS) is 13.5. The van der Waals surface area contributed by atoms with Crippen LogP contribution in [0.2, 0.25) is 0 Å². The third-order valence-electron chi connectivity index (χ3n) is 4.59. The lowest BCUT2D eigenvalue weighted by Crippen LogP contribution is -2.34. The first-order valence-corrected chi connectivity index (χ1v) is 9.15. The van der Waals surface area contributed by atoms with Crippen molar-refractivity contribution < 1.29 is 14.4 Å². The van der Waals surface area contributed by atoms with Gasteiger partial charge in [0.2, 0.25) is 11.8 Å². The van der Waals surface area contributed by atoms with Crippen LogP contribution in [0.15, 0.2) is 48.5 Å². The first-order chi connectivity index (χ1) is 13.1. The van der Waals surface area contributed by atoms with Crippen molar-refractivity contribution in [1.82, 2.24) is 5.32 Å². The summed E-state index contributed by atoms with van der Waals surface area (Å²) in [6.45, 7) is 2.49. The van der Waals surface area contributed by atoms with Crippen molar-refractivity contribution in [2.24, 2.45) is 0 Å². The first kappa shape index (κ1) is 18.6. The quantitative estimate of drug-likeness (QED) is 0.826. The maximum atomic E-state index is 12.6. The molecule has 1 aliphatic heterocycles. The van der Waals surface area contributed by atoms with Crippen molar-refractivity contribution in [1.29, 1.82) is 0 Å². The Kier molecular flexibility index (Phi) is 5.86. The van der Waals surface area contributed by atoms with Gasteiger partial charge in [0.25, 0.3) is 5.91 Å². The smallest absolute Gasteiger partial charge is 0.253 e. The lowest BCUT2D eigenvalue weighted by molar-refractivity contribution is -0.117. The lowest BCUT2D eigenvalue weighted by atomic mass is 10.1. The van der Waals surface area contributed by atoms with Crippen LogP contribution in [0.3, 0.4) is 0 Å². The molecule has 0 atom stereocenters. The standard InChI is InChI=1S/C21H23N3O3/c1-2-15-8-3-5-10-17(15)23-19(25)14-22-21(27)16-9-4-6-11-18(16)24-13-7-12-20(24)26/h3-6,8-11H,2,7,12-14H2,1H3,(H,22,27)(H,23,25). The van der Waals surface area contributed by atoms with Gasteiger partial charge in [-0.05, 0) is 36.6 Å². The van der Waals surface area contributed by atoms with Crippen molar-refractivity contribution in [3.8, 4) is 0 Å². The molecule has 0 aliphatic carbocycles. The zero-order valence-electron chi connectivity index (χ0n) is 15.3. The number of nitrogens with zero attached hydrogens (tertiary/aromatic N) is 1. The minimum atomic E-state index is -0.371. The summed E-state index contributed by atoms with van der Waals surface area (Å²) >= 11 is 0. The predicted octanol–water partition coefficient (Wildman–Crippen LogP) is 2.74. The van der Waals surface area contributed by atoms with Gasteiger partial charge in [-0.1, -0.05) is 37.3 Å². The largest absolute Gasteiger partial charge is 0.343 e. The number of carbonyl (C=O) groups excluding carboxylic acids is 3. The number of rotatable bonds is 6. The Morgan fingerprint density at radius 2 is 1.81 bits per heavy atom. The highest BCUT2D eigenvalue weighted by atomic mass is 16.2. The third-order valence-corrected chi connectivity index (χ3v) is 4.59. The number of para-hydroxylation sites is 2. The van der Waals surface area contributed by atoms with E-state index in [2.05, 4.69) is 10.6 Å². The molecule has 6 nitrogen and oxygen atoms in total. The highest BCUT2D eigenvalue weighted by Gasteiger charge is 2.25.